The number of aromatic nitrogens is 2. The summed E-state index contributed by atoms with van der Waals surface area (Å²) in [4.78, 5) is 0. The molecule has 0 fully saturated rings. The minimum absolute atomic E-state index is 0.121. The van der Waals surface area contributed by atoms with Crippen molar-refractivity contribution >= 4 is 38.3 Å². The molecule has 0 amide bonds. The lowest BCUT2D eigenvalue weighted by Gasteiger charge is -2.16. The van der Waals surface area contributed by atoms with Crippen LogP contribution in [0.1, 0.15) is 18.5 Å². The van der Waals surface area contributed by atoms with Crippen molar-refractivity contribution in [2.45, 2.75) is 13.0 Å². The summed E-state index contributed by atoms with van der Waals surface area (Å²) in [6.45, 7) is 2.08. The van der Waals surface area contributed by atoms with Gasteiger partial charge in [-0.1, -0.05) is 28.1 Å². The van der Waals surface area contributed by atoms with Gasteiger partial charge in [0.05, 0.1) is 11.4 Å². The Balaban J connectivity index is 1.93. The Hall–Kier alpha value is -2.08. The van der Waals surface area contributed by atoms with Gasteiger partial charge in [0, 0.05) is 10.5 Å². The fraction of sp³-hybridized carbons (Fsp3) is 0.143. The van der Waals surface area contributed by atoms with Gasteiger partial charge in [-0.2, -0.15) is 0 Å². The third-order valence-corrected chi connectivity index (χ3v) is 3.66. The van der Waals surface area contributed by atoms with Crippen LogP contribution in [-0.4, -0.2) is 10.3 Å². The first-order valence-electron chi connectivity index (χ1n) is 6.18. The Bertz CT molecular complexity index is 756. The minimum atomic E-state index is 0.121. The number of nitrogen functional groups attached to an aromatic ring is 1. The van der Waals surface area contributed by atoms with Crippen molar-refractivity contribution in [1.82, 2.24) is 10.3 Å². The van der Waals surface area contributed by atoms with E-state index in [9.17, 15) is 0 Å². The molecule has 1 unspecified atom stereocenters. The van der Waals surface area contributed by atoms with Crippen LogP contribution in [-0.2, 0) is 0 Å². The number of hydrogen-bond donors (Lipinski definition) is 2. The maximum Gasteiger partial charge on any atom is 0.160 e. The fourth-order valence-corrected chi connectivity index (χ4v) is 2.51. The molecule has 0 aliphatic carbocycles. The van der Waals surface area contributed by atoms with Crippen LogP contribution >= 0.6 is 15.9 Å². The molecule has 102 valence electrons. The Labute approximate surface area is 124 Å². The zero-order valence-corrected chi connectivity index (χ0v) is 12.4. The minimum Gasteiger partial charge on any atom is -0.397 e. The molecule has 0 saturated carbocycles. The summed E-state index contributed by atoms with van der Waals surface area (Å²) >= 11 is 3.48. The van der Waals surface area contributed by atoms with E-state index in [0.29, 0.717) is 16.7 Å². The Morgan fingerprint density at radius 1 is 1.20 bits per heavy atom. The average Bonchev–Trinajstić information content (AvgIpc) is 2.92. The Kier molecular flexibility index (Phi) is 3.31. The average molecular weight is 333 g/mol. The lowest BCUT2D eigenvalue weighted by atomic mass is 10.1. The molecule has 1 atom stereocenters. The van der Waals surface area contributed by atoms with Crippen LogP contribution in [0.25, 0.3) is 11.0 Å². The monoisotopic (exact) mass is 332 g/mol. The highest BCUT2D eigenvalue weighted by molar-refractivity contribution is 9.10. The lowest BCUT2D eigenvalue weighted by Crippen LogP contribution is -2.07. The molecule has 3 N–H and O–H groups in total. The molecule has 20 heavy (non-hydrogen) atoms. The summed E-state index contributed by atoms with van der Waals surface area (Å²) in [5, 5.41) is 11.1. The molecule has 1 aromatic heterocycles. The first-order valence-corrected chi connectivity index (χ1v) is 6.97. The SMILES string of the molecule is CC(Nc1ccc(N)c2nonc12)c1cccc(Br)c1. The predicted octanol–water partition coefficient (Wildman–Crippen LogP) is 3.74. The maximum atomic E-state index is 5.83. The first-order chi connectivity index (χ1) is 9.65. The van der Waals surface area contributed by atoms with Crippen LogP contribution in [0.4, 0.5) is 11.4 Å². The van der Waals surface area contributed by atoms with Gasteiger partial charge in [0.15, 0.2) is 11.0 Å². The number of hydrogen-bond acceptors (Lipinski definition) is 5. The van der Waals surface area contributed by atoms with Gasteiger partial charge in [-0.05, 0) is 47.1 Å². The quantitative estimate of drug-likeness (QED) is 0.714. The van der Waals surface area contributed by atoms with Gasteiger partial charge < -0.3 is 11.1 Å². The fourth-order valence-electron chi connectivity index (χ4n) is 2.09. The Morgan fingerprint density at radius 3 is 2.80 bits per heavy atom. The molecule has 6 heteroatoms. The molecule has 1 heterocycles. The highest BCUT2D eigenvalue weighted by Crippen LogP contribution is 2.29. The van der Waals surface area contributed by atoms with Crippen LogP contribution in [0.5, 0.6) is 0 Å². The van der Waals surface area contributed by atoms with E-state index in [2.05, 4.69) is 50.6 Å². The topological polar surface area (TPSA) is 77.0 Å². The summed E-state index contributed by atoms with van der Waals surface area (Å²) in [6.07, 6.45) is 0. The van der Waals surface area contributed by atoms with Gasteiger partial charge in [0.2, 0.25) is 0 Å². The third kappa shape index (κ3) is 2.34. The molecule has 3 aromatic rings. The van der Waals surface area contributed by atoms with E-state index in [4.69, 9.17) is 10.4 Å². The summed E-state index contributed by atoms with van der Waals surface area (Å²) < 4.78 is 5.82. The van der Waals surface area contributed by atoms with E-state index >= 15 is 0 Å². The summed E-state index contributed by atoms with van der Waals surface area (Å²) in [5.74, 6) is 0. The second-order valence-electron chi connectivity index (χ2n) is 4.58. The van der Waals surface area contributed by atoms with Crippen molar-refractivity contribution in [3.05, 3.63) is 46.4 Å². The van der Waals surface area contributed by atoms with Gasteiger partial charge in [-0.3, -0.25) is 0 Å². The number of nitrogens with zero attached hydrogens (tertiary/aromatic N) is 2. The molecule has 5 nitrogen and oxygen atoms in total. The first kappa shape index (κ1) is 12.9. The van der Waals surface area contributed by atoms with Gasteiger partial charge in [-0.25, -0.2) is 4.63 Å². The number of nitrogens with two attached hydrogens (primary N) is 1. The number of benzene rings is 2. The molecule has 2 aromatic carbocycles. The van der Waals surface area contributed by atoms with Crippen molar-refractivity contribution in [3.63, 3.8) is 0 Å². The van der Waals surface area contributed by atoms with Gasteiger partial charge >= 0.3 is 0 Å². The van der Waals surface area contributed by atoms with E-state index in [0.717, 1.165) is 10.2 Å². The van der Waals surface area contributed by atoms with Crippen LogP contribution in [0, 0.1) is 0 Å². The number of rotatable bonds is 3. The summed E-state index contributed by atoms with van der Waals surface area (Å²) in [7, 11) is 0. The molecule has 0 aliphatic heterocycles. The second kappa shape index (κ2) is 5.13. The van der Waals surface area contributed by atoms with Gasteiger partial charge in [0.1, 0.15) is 0 Å². The zero-order chi connectivity index (χ0) is 14.1. The van der Waals surface area contributed by atoms with Crippen molar-refractivity contribution < 1.29 is 4.63 Å². The second-order valence-corrected chi connectivity index (χ2v) is 5.50. The smallest absolute Gasteiger partial charge is 0.160 e. The standard InChI is InChI=1S/C14H13BrN4O/c1-8(9-3-2-4-10(15)7-9)17-12-6-5-11(16)13-14(12)19-20-18-13/h2-8,17H,16H2,1H3. The summed E-state index contributed by atoms with van der Waals surface area (Å²) in [5.41, 5.74) is 9.63. The van der Waals surface area contributed by atoms with Crippen LogP contribution in [0.2, 0.25) is 0 Å². The highest BCUT2D eigenvalue weighted by Gasteiger charge is 2.13. The molecule has 0 aliphatic rings. The lowest BCUT2D eigenvalue weighted by molar-refractivity contribution is 0.315. The van der Waals surface area contributed by atoms with E-state index in [1.807, 2.05) is 18.2 Å². The predicted molar refractivity (Wildman–Crippen MR) is 82.4 cm³/mol. The number of halogens is 1. The molecular weight excluding hydrogens is 320 g/mol. The van der Waals surface area contributed by atoms with Crippen molar-refractivity contribution in [2.24, 2.45) is 0 Å². The van der Waals surface area contributed by atoms with Gasteiger partial charge in [-0.15, -0.1) is 0 Å². The van der Waals surface area contributed by atoms with Crippen LogP contribution in [0.3, 0.4) is 0 Å². The van der Waals surface area contributed by atoms with Crippen molar-refractivity contribution in [1.29, 1.82) is 0 Å². The van der Waals surface area contributed by atoms with E-state index < -0.39 is 0 Å². The summed E-state index contributed by atoms with van der Waals surface area (Å²) in [6, 6.07) is 12.0. The normalized spacial score (nSPS) is 12.5. The molecular formula is C14H13BrN4O. The van der Waals surface area contributed by atoms with E-state index in [1.165, 1.54) is 5.56 Å². The molecule has 0 saturated heterocycles. The maximum absolute atomic E-state index is 5.83. The van der Waals surface area contributed by atoms with Crippen LogP contribution < -0.4 is 11.1 Å². The Morgan fingerprint density at radius 2 is 2.00 bits per heavy atom. The largest absolute Gasteiger partial charge is 0.397 e. The third-order valence-electron chi connectivity index (χ3n) is 3.17. The molecule has 0 radical (unpaired) electrons. The molecule has 0 bridgehead atoms. The van der Waals surface area contributed by atoms with Crippen LogP contribution in [0.15, 0.2) is 45.5 Å². The molecule has 0 spiro atoms. The molecule has 3 rings (SSSR count). The number of fused-ring (bicyclic) bond motifs is 1. The van der Waals surface area contributed by atoms with E-state index in [-0.39, 0.29) is 6.04 Å². The highest BCUT2D eigenvalue weighted by atomic mass is 79.9. The van der Waals surface area contributed by atoms with E-state index in [1.54, 1.807) is 6.07 Å². The number of nitrogens with one attached hydrogen (secondary N) is 1. The van der Waals surface area contributed by atoms with Crippen molar-refractivity contribution in [3.8, 4) is 0 Å². The van der Waals surface area contributed by atoms with Crippen molar-refractivity contribution in [2.75, 3.05) is 11.1 Å². The number of anilines is 2. The zero-order valence-electron chi connectivity index (χ0n) is 10.8. The van der Waals surface area contributed by atoms with Gasteiger partial charge in [0.25, 0.3) is 0 Å².